The Morgan fingerprint density at radius 1 is 0.900 bits per heavy atom. The minimum atomic E-state index is -1.49. The van der Waals surface area contributed by atoms with Crippen molar-refractivity contribution in [1.29, 1.82) is 0 Å². The van der Waals surface area contributed by atoms with Gasteiger partial charge in [0.15, 0.2) is 12.6 Å². The van der Waals surface area contributed by atoms with E-state index in [1.165, 1.54) is 7.11 Å². The third kappa shape index (κ3) is 9.59. The minimum absolute atomic E-state index is 0.0387. The van der Waals surface area contributed by atoms with Gasteiger partial charge in [-0.2, -0.15) is 0 Å². The normalized spacial score (nSPS) is 48.5. The summed E-state index contributed by atoms with van der Waals surface area (Å²) in [5.41, 5.74) is -3.22. The summed E-state index contributed by atoms with van der Waals surface area (Å²) in [6.07, 6.45) is -5.77. The lowest BCUT2D eigenvalue weighted by Crippen LogP contribution is -2.60. The Morgan fingerprint density at radius 2 is 1.52 bits per heavy atom. The molecule has 3 saturated heterocycles. The van der Waals surface area contributed by atoms with Crippen molar-refractivity contribution in [2.24, 2.45) is 29.1 Å². The summed E-state index contributed by atoms with van der Waals surface area (Å²) in [6, 6.07) is -0.241. The van der Waals surface area contributed by atoms with Crippen molar-refractivity contribution in [3.63, 3.8) is 0 Å². The molecule has 0 aromatic rings. The number of cyclic esters (lactones) is 1. The van der Waals surface area contributed by atoms with E-state index < -0.39 is 89.7 Å². The van der Waals surface area contributed by atoms with Gasteiger partial charge >= 0.3 is 5.97 Å². The Morgan fingerprint density at radius 3 is 2.08 bits per heavy atom. The number of hydrogen-bond donors (Lipinski definition) is 4. The molecule has 0 amide bonds. The van der Waals surface area contributed by atoms with E-state index in [1.807, 2.05) is 60.5 Å². The molecule has 3 fully saturated rings. The van der Waals surface area contributed by atoms with Crippen molar-refractivity contribution in [3.05, 3.63) is 0 Å². The quantitative estimate of drug-likeness (QED) is 0.283. The van der Waals surface area contributed by atoms with Crippen LogP contribution in [0.2, 0.25) is 0 Å². The average molecular weight is 718 g/mol. The van der Waals surface area contributed by atoms with Crippen molar-refractivity contribution in [2.75, 3.05) is 21.2 Å². The summed E-state index contributed by atoms with van der Waals surface area (Å²) >= 11 is 0. The highest BCUT2D eigenvalue weighted by molar-refractivity contribution is 5.73. The molecule has 8 unspecified atom stereocenters. The molecule has 3 rings (SSSR count). The molecule has 0 aliphatic carbocycles. The number of methoxy groups -OCH3 is 1. The summed E-state index contributed by atoms with van der Waals surface area (Å²) in [6.45, 7) is 20.6. The van der Waals surface area contributed by atoms with Crippen LogP contribution in [0, 0.1) is 29.1 Å². The third-order valence-electron chi connectivity index (χ3n) is 12.1. The number of ether oxygens (including phenoxy) is 6. The van der Waals surface area contributed by atoms with Gasteiger partial charge in [-0.15, -0.1) is 0 Å². The SMILES string of the molecule is CC[C@H]1OC(=O)[C@H](C)[C@@H](OC2CC(C)(OC)C(O)C(C)O2)[C@H](C)[C@@H](OC2OC(C)CC(N(C)C)C2O)[C@](C)(O)C[C@@H](C)C[C@H](C)[C@@H](O)C1(C)C. The number of esters is 1. The van der Waals surface area contributed by atoms with Gasteiger partial charge in [0.25, 0.3) is 0 Å². The molecule has 4 N–H and O–H groups in total. The first-order valence-corrected chi connectivity index (χ1v) is 18.8. The predicted octanol–water partition coefficient (Wildman–Crippen LogP) is 3.88. The summed E-state index contributed by atoms with van der Waals surface area (Å²) in [7, 11) is 5.33. The van der Waals surface area contributed by atoms with Crippen LogP contribution in [-0.4, -0.2) is 131 Å². The molecule has 3 aliphatic heterocycles. The zero-order chi connectivity index (χ0) is 38.1. The lowest BCUT2D eigenvalue weighted by atomic mass is 9.71. The van der Waals surface area contributed by atoms with Crippen molar-refractivity contribution in [2.45, 2.75) is 187 Å². The number of hydrogen-bond acceptors (Lipinski definition) is 12. The van der Waals surface area contributed by atoms with Crippen molar-refractivity contribution < 1.29 is 53.6 Å². The number of nitrogens with zero attached hydrogens (tertiary/aromatic N) is 1. The van der Waals surface area contributed by atoms with Crippen LogP contribution in [0.5, 0.6) is 0 Å². The number of carbonyl (C=O) groups excluding carboxylic acids is 1. The van der Waals surface area contributed by atoms with Crippen molar-refractivity contribution in [3.8, 4) is 0 Å². The molecule has 3 heterocycles. The monoisotopic (exact) mass is 718 g/mol. The second-order valence-electron chi connectivity index (χ2n) is 17.3. The lowest BCUT2D eigenvalue weighted by molar-refractivity contribution is -0.318. The number of rotatable bonds is 7. The maximum Gasteiger partial charge on any atom is 0.311 e. The van der Waals surface area contributed by atoms with E-state index in [-0.39, 0.29) is 30.4 Å². The van der Waals surface area contributed by atoms with Crippen LogP contribution in [0.3, 0.4) is 0 Å². The number of aliphatic hydroxyl groups is 4. The van der Waals surface area contributed by atoms with Gasteiger partial charge in [0.1, 0.15) is 18.3 Å². The van der Waals surface area contributed by atoms with Gasteiger partial charge in [0.2, 0.25) is 0 Å². The topological polar surface area (TPSA) is 157 Å². The highest BCUT2D eigenvalue weighted by atomic mass is 16.7. The van der Waals surface area contributed by atoms with Gasteiger partial charge in [-0.25, -0.2) is 0 Å². The fourth-order valence-corrected chi connectivity index (χ4v) is 9.01. The van der Waals surface area contributed by atoms with Crippen LogP contribution in [0.25, 0.3) is 0 Å². The molecule has 50 heavy (non-hydrogen) atoms. The molecule has 12 heteroatoms. The van der Waals surface area contributed by atoms with Gasteiger partial charge in [-0.05, 0) is 86.2 Å². The van der Waals surface area contributed by atoms with E-state index in [4.69, 9.17) is 28.4 Å². The maximum atomic E-state index is 14.2. The summed E-state index contributed by atoms with van der Waals surface area (Å²) in [5.74, 6) is -2.25. The molecule has 0 saturated carbocycles. The molecule has 0 spiro atoms. The van der Waals surface area contributed by atoms with Crippen LogP contribution in [0.1, 0.15) is 108 Å². The first kappa shape index (κ1) is 43.5. The summed E-state index contributed by atoms with van der Waals surface area (Å²) < 4.78 is 37.8. The molecule has 0 aromatic heterocycles. The predicted molar refractivity (Wildman–Crippen MR) is 189 cm³/mol. The fraction of sp³-hybridized carbons (Fsp3) is 0.974. The second kappa shape index (κ2) is 17.0. The Balaban J connectivity index is 2.15. The lowest BCUT2D eigenvalue weighted by Gasteiger charge is -2.49. The van der Waals surface area contributed by atoms with Crippen LogP contribution < -0.4 is 0 Å². The number of carbonyl (C=O) groups is 1. The van der Waals surface area contributed by atoms with E-state index in [9.17, 15) is 25.2 Å². The average Bonchev–Trinajstić information content (AvgIpc) is 3.02. The van der Waals surface area contributed by atoms with Crippen LogP contribution in [0.4, 0.5) is 0 Å². The van der Waals surface area contributed by atoms with Crippen molar-refractivity contribution in [1.82, 2.24) is 4.90 Å². The zero-order valence-electron chi connectivity index (χ0n) is 33.3. The Kier molecular flexibility index (Phi) is 14.8. The van der Waals surface area contributed by atoms with Crippen LogP contribution in [0.15, 0.2) is 0 Å². The fourth-order valence-electron chi connectivity index (χ4n) is 9.01. The zero-order valence-corrected chi connectivity index (χ0v) is 33.3. The second-order valence-corrected chi connectivity index (χ2v) is 17.3. The number of likely N-dealkylation sites (N-methyl/N-ethyl adjacent to an activating group) is 1. The van der Waals surface area contributed by atoms with E-state index in [2.05, 4.69) is 6.92 Å². The molecule has 17 atom stereocenters. The highest BCUT2D eigenvalue weighted by Gasteiger charge is 2.52. The Bertz CT molecular complexity index is 1090. The van der Waals surface area contributed by atoms with Gasteiger partial charge in [-0.3, -0.25) is 4.79 Å². The molecular formula is C38H71NO11. The largest absolute Gasteiger partial charge is 0.461 e. The maximum absolute atomic E-state index is 14.2. The van der Waals surface area contributed by atoms with E-state index >= 15 is 0 Å². The van der Waals surface area contributed by atoms with Gasteiger partial charge in [-0.1, -0.05) is 41.5 Å². The molecule has 0 aromatic carbocycles. The third-order valence-corrected chi connectivity index (χ3v) is 12.1. The van der Waals surface area contributed by atoms with Crippen LogP contribution in [-0.2, 0) is 33.2 Å². The van der Waals surface area contributed by atoms with Crippen molar-refractivity contribution >= 4 is 5.97 Å². The van der Waals surface area contributed by atoms with E-state index in [1.54, 1.807) is 27.7 Å². The first-order valence-electron chi connectivity index (χ1n) is 18.8. The highest BCUT2D eigenvalue weighted by Crippen LogP contribution is 2.42. The van der Waals surface area contributed by atoms with E-state index in [0.29, 0.717) is 25.7 Å². The minimum Gasteiger partial charge on any atom is -0.461 e. The van der Waals surface area contributed by atoms with Gasteiger partial charge in [0.05, 0.1) is 47.6 Å². The van der Waals surface area contributed by atoms with Crippen LogP contribution >= 0.6 is 0 Å². The molecule has 0 bridgehead atoms. The number of aliphatic hydroxyl groups excluding tert-OH is 3. The first-order chi connectivity index (χ1) is 23.0. The van der Waals surface area contributed by atoms with Gasteiger partial charge < -0.3 is 53.7 Å². The van der Waals surface area contributed by atoms with Gasteiger partial charge in [0, 0.05) is 30.9 Å². The summed E-state index contributed by atoms with van der Waals surface area (Å²) in [4.78, 5) is 16.1. The standard InChI is InChI=1S/C38H71NO11/c1-15-27-36(8,9)31(41)21(3)16-20(2)18-37(10,44)33(50-35-29(40)26(39(12)13)17-22(4)46-35)23(5)30(24(6)34(43)48-27)49-28-19-38(11,45-14)32(42)25(7)47-28/h20-33,35,40-42,44H,15-19H2,1-14H3/t20-,21-,22?,23-,24+,25?,26?,27+,28?,29?,30-,31+,32?,33+,35?,37+,38?/m0/s1. The molecule has 0 radical (unpaired) electrons. The Hall–Kier alpha value is -0.930. The smallest absolute Gasteiger partial charge is 0.311 e. The molecule has 3 aliphatic rings. The molecular weight excluding hydrogens is 646 g/mol. The molecule has 12 nitrogen and oxygen atoms in total. The molecule has 294 valence electrons. The van der Waals surface area contributed by atoms with E-state index in [0.717, 1.165) is 0 Å². The summed E-state index contributed by atoms with van der Waals surface area (Å²) in [5, 5.41) is 46.5. The Labute approximate surface area is 301 Å².